The average Bonchev–Trinajstić information content (AvgIpc) is 3.13. The Morgan fingerprint density at radius 1 is 1.50 bits per heavy atom. The zero-order valence-electron chi connectivity index (χ0n) is 12.5. The van der Waals surface area contributed by atoms with Crippen LogP contribution in [0, 0.1) is 5.92 Å². The number of nitrogens with two attached hydrogens (primary N) is 1. The minimum atomic E-state index is 0. The van der Waals surface area contributed by atoms with Gasteiger partial charge in [0.1, 0.15) is 12.0 Å². The number of carbonyl (C=O) groups is 1. The summed E-state index contributed by atoms with van der Waals surface area (Å²) in [4.78, 5) is 14.7. The van der Waals surface area contributed by atoms with E-state index in [0.29, 0.717) is 29.8 Å². The molecule has 2 atom stereocenters. The van der Waals surface area contributed by atoms with E-state index in [1.165, 1.54) is 6.26 Å². The maximum absolute atomic E-state index is 12.6. The van der Waals surface area contributed by atoms with Crippen molar-refractivity contribution in [1.29, 1.82) is 0 Å². The predicted octanol–water partition coefficient (Wildman–Crippen LogP) is 3.20. The van der Waals surface area contributed by atoms with Crippen LogP contribution in [0.3, 0.4) is 0 Å². The molecular formula is C15H25ClN2O2. The zero-order valence-corrected chi connectivity index (χ0v) is 13.3. The van der Waals surface area contributed by atoms with E-state index >= 15 is 0 Å². The number of hydrogen-bond donors (Lipinski definition) is 1. The number of nitrogens with zero attached hydrogens (tertiary/aromatic N) is 1. The van der Waals surface area contributed by atoms with E-state index < -0.39 is 0 Å². The van der Waals surface area contributed by atoms with Gasteiger partial charge in [0.05, 0.1) is 12.1 Å². The van der Waals surface area contributed by atoms with Crippen LogP contribution in [0.15, 0.2) is 16.7 Å². The van der Waals surface area contributed by atoms with Gasteiger partial charge in [-0.2, -0.15) is 0 Å². The summed E-state index contributed by atoms with van der Waals surface area (Å²) in [5.41, 5.74) is 6.15. The van der Waals surface area contributed by atoms with Crippen LogP contribution in [0.1, 0.15) is 56.2 Å². The molecule has 0 saturated heterocycles. The van der Waals surface area contributed by atoms with E-state index in [4.69, 9.17) is 10.2 Å². The molecule has 1 aliphatic carbocycles. The smallest absolute Gasteiger partial charge is 0.257 e. The third-order valence-corrected chi connectivity index (χ3v) is 4.18. The SMILES string of the molecule is CCC(C)C(C)N(C(=O)c1coc(CN)c1)C1CC1.Cl. The molecular weight excluding hydrogens is 276 g/mol. The van der Waals surface area contributed by atoms with Gasteiger partial charge < -0.3 is 15.1 Å². The molecule has 1 heterocycles. The number of hydrogen-bond acceptors (Lipinski definition) is 3. The molecule has 2 rings (SSSR count). The maximum Gasteiger partial charge on any atom is 0.257 e. The largest absolute Gasteiger partial charge is 0.467 e. The molecule has 1 amide bonds. The Bertz CT molecular complexity index is 443. The van der Waals surface area contributed by atoms with Gasteiger partial charge in [0.15, 0.2) is 0 Å². The highest BCUT2D eigenvalue weighted by molar-refractivity contribution is 5.94. The van der Waals surface area contributed by atoms with Crippen molar-refractivity contribution in [1.82, 2.24) is 4.90 Å². The van der Waals surface area contributed by atoms with Crippen molar-refractivity contribution in [2.75, 3.05) is 0 Å². The fraction of sp³-hybridized carbons (Fsp3) is 0.667. The highest BCUT2D eigenvalue weighted by Crippen LogP contribution is 2.32. The van der Waals surface area contributed by atoms with E-state index in [-0.39, 0.29) is 24.4 Å². The summed E-state index contributed by atoms with van der Waals surface area (Å²) < 4.78 is 5.28. The van der Waals surface area contributed by atoms with E-state index in [1.807, 2.05) is 4.90 Å². The summed E-state index contributed by atoms with van der Waals surface area (Å²) in [6.45, 7) is 6.85. The van der Waals surface area contributed by atoms with Crippen LogP contribution in [0.5, 0.6) is 0 Å². The fourth-order valence-electron chi connectivity index (χ4n) is 2.40. The summed E-state index contributed by atoms with van der Waals surface area (Å²) in [6.07, 6.45) is 4.85. The minimum absolute atomic E-state index is 0. The Morgan fingerprint density at radius 3 is 2.60 bits per heavy atom. The van der Waals surface area contributed by atoms with Gasteiger partial charge in [-0.05, 0) is 31.7 Å². The molecule has 20 heavy (non-hydrogen) atoms. The highest BCUT2D eigenvalue weighted by atomic mass is 35.5. The van der Waals surface area contributed by atoms with Crippen LogP contribution in [-0.4, -0.2) is 22.9 Å². The van der Waals surface area contributed by atoms with Crippen molar-refractivity contribution in [2.45, 2.75) is 58.7 Å². The normalized spacial score (nSPS) is 17.2. The lowest BCUT2D eigenvalue weighted by atomic mass is 9.98. The van der Waals surface area contributed by atoms with Crippen LogP contribution < -0.4 is 5.73 Å². The Morgan fingerprint density at radius 2 is 2.15 bits per heavy atom. The van der Waals surface area contributed by atoms with Gasteiger partial charge in [0.25, 0.3) is 5.91 Å². The Hall–Kier alpha value is -1.00. The molecule has 0 bridgehead atoms. The van der Waals surface area contributed by atoms with Crippen LogP contribution in [-0.2, 0) is 6.54 Å². The number of furan rings is 1. The van der Waals surface area contributed by atoms with Crippen molar-refractivity contribution in [3.05, 3.63) is 23.7 Å². The van der Waals surface area contributed by atoms with Gasteiger partial charge in [-0.1, -0.05) is 20.3 Å². The topological polar surface area (TPSA) is 59.5 Å². The summed E-state index contributed by atoms with van der Waals surface area (Å²) >= 11 is 0. The van der Waals surface area contributed by atoms with Gasteiger partial charge in [0, 0.05) is 12.1 Å². The van der Waals surface area contributed by atoms with Crippen molar-refractivity contribution in [2.24, 2.45) is 11.7 Å². The first-order valence-corrected chi connectivity index (χ1v) is 7.18. The molecule has 4 nitrogen and oxygen atoms in total. The molecule has 1 aliphatic rings. The number of halogens is 1. The molecule has 0 spiro atoms. The molecule has 1 fully saturated rings. The Balaban J connectivity index is 0.00000200. The van der Waals surface area contributed by atoms with Crippen molar-refractivity contribution in [3.8, 4) is 0 Å². The third kappa shape index (κ3) is 3.55. The first-order valence-electron chi connectivity index (χ1n) is 7.18. The molecule has 1 saturated carbocycles. The standard InChI is InChI=1S/C15H24N2O2.ClH/c1-4-10(2)11(3)17(13-5-6-13)15(18)12-7-14(8-16)19-9-12;/h7,9-11,13H,4-6,8,16H2,1-3H3;1H. The lowest BCUT2D eigenvalue weighted by molar-refractivity contribution is 0.0615. The molecule has 1 aromatic heterocycles. The molecule has 5 heteroatoms. The lowest BCUT2D eigenvalue weighted by Crippen LogP contribution is -2.43. The average molecular weight is 301 g/mol. The molecule has 0 aliphatic heterocycles. The fourth-order valence-corrected chi connectivity index (χ4v) is 2.40. The summed E-state index contributed by atoms with van der Waals surface area (Å²) in [6, 6.07) is 2.44. The van der Waals surface area contributed by atoms with Gasteiger partial charge in [-0.3, -0.25) is 4.79 Å². The van der Waals surface area contributed by atoms with Crippen LogP contribution in [0.4, 0.5) is 0 Å². The number of carbonyl (C=O) groups excluding carboxylic acids is 1. The number of amides is 1. The summed E-state index contributed by atoms with van der Waals surface area (Å²) in [7, 11) is 0. The first-order chi connectivity index (χ1) is 9.08. The minimum Gasteiger partial charge on any atom is -0.467 e. The second-order valence-electron chi connectivity index (χ2n) is 5.58. The van der Waals surface area contributed by atoms with Gasteiger partial charge >= 0.3 is 0 Å². The first kappa shape index (κ1) is 17.1. The predicted molar refractivity (Wildman–Crippen MR) is 82.0 cm³/mol. The van der Waals surface area contributed by atoms with Crippen LogP contribution in [0.2, 0.25) is 0 Å². The van der Waals surface area contributed by atoms with Crippen molar-refractivity contribution < 1.29 is 9.21 Å². The molecule has 2 unspecified atom stereocenters. The van der Waals surface area contributed by atoms with E-state index in [1.54, 1.807) is 6.07 Å². The second-order valence-corrected chi connectivity index (χ2v) is 5.58. The monoisotopic (exact) mass is 300 g/mol. The highest BCUT2D eigenvalue weighted by Gasteiger charge is 2.37. The maximum atomic E-state index is 12.6. The van der Waals surface area contributed by atoms with Crippen molar-refractivity contribution >= 4 is 18.3 Å². The zero-order chi connectivity index (χ0) is 14.0. The molecule has 114 valence electrons. The lowest BCUT2D eigenvalue weighted by Gasteiger charge is -2.33. The van der Waals surface area contributed by atoms with Gasteiger partial charge in [0.2, 0.25) is 0 Å². The van der Waals surface area contributed by atoms with E-state index in [2.05, 4.69) is 20.8 Å². The second kappa shape index (κ2) is 7.14. The Kier molecular flexibility index (Phi) is 6.08. The summed E-state index contributed by atoms with van der Waals surface area (Å²) in [5, 5.41) is 0. The third-order valence-electron chi connectivity index (χ3n) is 4.18. The van der Waals surface area contributed by atoms with Crippen LogP contribution in [0.25, 0.3) is 0 Å². The van der Waals surface area contributed by atoms with Gasteiger partial charge in [-0.15, -0.1) is 12.4 Å². The number of rotatable bonds is 6. The summed E-state index contributed by atoms with van der Waals surface area (Å²) in [5.74, 6) is 1.25. The van der Waals surface area contributed by atoms with E-state index in [9.17, 15) is 4.79 Å². The van der Waals surface area contributed by atoms with Crippen LogP contribution >= 0.6 is 12.4 Å². The molecule has 0 aromatic carbocycles. The van der Waals surface area contributed by atoms with Gasteiger partial charge in [-0.25, -0.2) is 0 Å². The van der Waals surface area contributed by atoms with Crippen molar-refractivity contribution in [3.63, 3.8) is 0 Å². The molecule has 0 radical (unpaired) electrons. The van der Waals surface area contributed by atoms with E-state index in [0.717, 1.165) is 19.3 Å². The quantitative estimate of drug-likeness (QED) is 0.877. The Labute approximate surface area is 127 Å². The molecule has 2 N–H and O–H groups in total. The molecule has 1 aromatic rings.